The zero-order valence-electron chi connectivity index (χ0n) is 12.6. The highest BCUT2D eigenvalue weighted by molar-refractivity contribution is 6.30. The molecule has 1 amide bonds. The predicted molar refractivity (Wildman–Crippen MR) is 82.2 cm³/mol. The highest BCUT2D eigenvalue weighted by Gasteiger charge is 2.71. The smallest absolute Gasteiger partial charge is 0.264 e. The molecule has 7 heteroatoms. The number of nitrogens with zero attached hydrogens (tertiary/aromatic N) is 2. The van der Waals surface area contributed by atoms with Crippen LogP contribution in [0.15, 0.2) is 28.8 Å². The number of ether oxygens (including phenoxy) is 1. The van der Waals surface area contributed by atoms with E-state index in [1.807, 2.05) is 0 Å². The van der Waals surface area contributed by atoms with Crippen molar-refractivity contribution in [2.45, 2.75) is 43.7 Å². The van der Waals surface area contributed by atoms with E-state index in [1.165, 1.54) is 0 Å². The maximum absolute atomic E-state index is 11.2. The Labute approximate surface area is 138 Å². The van der Waals surface area contributed by atoms with Gasteiger partial charge in [0.2, 0.25) is 5.91 Å². The minimum absolute atomic E-state index is 0.0171. The average molecular weight is 334 g/mol. The summed E-state index contributed by atoms with van der Waals surface area (Å²) in [6, 6.07) is 7.11. The zero-order valence-corrected chi connectivity index (χ0v) is 13.4. The first-order chi connectivity index (χ1) is 11.0. The van der Waals surface area contributed by atoms with Gasteiger partial charge >= 0.3 is 0 Å². The second-order valence-corrected chi connectivity index (χ2v) is 6.96. The number of carbonyl (C=O) groups is 1. The van der Waals surface area contributed by atoms with Crippen LogP contribution in [-0.2, 0) is 16.8 Å². The van der Waals surface area contributed by atoms with Crippen LogP contribution in [0.1, 0.15) is 37.9 Å². The summed E-state index contributed by atoms with van der Waals surface area (Å²) in [5, 5.41) is 7.76. The Hall–Kier alpha value is -2.08. The summed E-state index contributed by atoms with van der Waals surface area (Å²) >= 11 is 5.83. The normalized spacial score (nSPS) is 27.7. The van der Waals surface area contributed by atoms with Gasteiger partial charge in [-0.05, 0) is 43.5 Å². The van der Waals surface area contributed by atoms with Gasteiger partial charge in [-0.2, -0.15) is 4.98 Å². The first-order valence-electron chi connectivity index (χ1n) is 7.49. The maximum atomic E-state index is 11.2. The van der Waals surface area contributed by atoms with Crippen molar-refractivity contribution in [1.29, 1.82) is 0 Å². The molecule has 23 heavy (non-hydrogen) atoms. The molecule has 0 atom stereocenters. The van der Waals surface area contributed by atoms with Crippen LogP contribution in [0, 0.1) is 0 Å². The summed E-state index contributed by atoms with van der Waals surface area (Å²) in [6.45, 7) is 1.77. The average Bonchev–Trinajstić information content (AvgIpc) is 2.89. The predicted octanol–water partition coefficient (Wildman–Crippen LogP) is 2.61. The molecule has 3 aliphatic rings. The van der Waals surface area contributed by atoms with Gasteiger partial charge in [-0.15, -0.1) is 0 Å². The number of benzene rings is 1. The standard InChI is InChI=1S/C16H16ClN3O3/c1-10(21)19-16-7-15(8-16,9-16)14-18-13(23-20-14)6-22-12-4-2-11(17)3-5-12/h2-5H,6-9H2,1H3,(H,19,21). The van der Waals surface area contributed by atoms with Crippen LogP contribution in [0.2, 0.25) is 5.02 Å². The molecular weight excluding hydrogens is 318 g/mol. The molecule has 1 N–H and O–H groups in total. The lowest BCUT2D eigenvalue weighted by atomic mass is 9.39. The number of hydrogen-bond acceptors (Lipinski definition) is 5. The van der Waals surface area contributed by atoms with Crippen LogP contribution in [0.25, 0.3) is 0 Å². The lowest BCUT2D eigenvalue weighted by Crippen LogP contribution is -2.76. The fraction of sp³-hybridized carbons (Fsp3) is 0.438. The minimum Gasteiger partial charge on any atom is -0.484 e. The summed E-state index contributed by atoms with van der Waals surface area (Å²) in [7, 11) is 0. The summed E-state index contributed by atoms with van der Waals surface area (Å²) in [5.41, 5.74) is -0.0586. The van der Waals surface area contributed by atoms with Gasteiger partial charge in [-0.25, -0.2) is 0 Å². The third-order valence-corrected chi connectivity index (χ3v) is 4.84. The van der Waals surface area contributed by atoms with Gasteiger partial charge in [0.15, 0.2) is 12.4 Å². The quantitative estimate of drug-likeness (QED) is 0.910. The molecule has 1 aromatic heterocycles. The van der Waals surface area contributed by atoms with Crippen LogP contribution >= 0.6 is 11.6 Å². The molecule has 1 aromatic carbocycles. The highest BCUT2D eigenvalue weighted by atomic mass is 35.5. The Kier molecular flexibility index (Phi) is 3.13. The molecule has 120 valence electrons. The first-order valence-corrected chi connectivity index (χ1v) is 7.87. The van der Waals surface area contributed by atoms with Crippen molar-refractivity contribution in [1.82, 2.24) is 15.5 Å². The van der Waals surface area contributed by atoms with Crippen molar-refractivity contribution < 1.29 is 14.1 Å². The SMILES string of the molecule is CC(=O)NC12CC(c3noc(COc4ccc(Cl)cc4)n3)(C1)C2. The Morgan fingerprint density at radius 2 is 2.04 bits per heavy atom. The molecular formula is C16H16ClN3O3. The lowest BCUT2D eigenvalue weighted by Gasteiger charge is -2.68. The van der Waals surface area contributed by atoms with Crippen LogP contribution < -0.4 is 10.1 Å². The molecule has 3 fully saturated rings. The van der Waals surface area contributed by atoms with Gasteiger partial charge in [-0.1, -0.05) is 16.8 Å². The van der Waals surface area contributed by atoms with Gasteiger partial charge in [-0.3, -0.25) is 4.79 Å². The monoisotopic (exact) mass is 333 g/mol. The minimum atomic E-state index is -0.0353. The molecule has 2 bridgehead atoms. The molecule has 1 heterocycles. The molecule has 5 rings (SSSR count). The Morgan fingerprint density at radius 1 is 1.35 bits per heavy atom. The third-order valence-electron chi connectivity index (χ3n) is 4.59. The number of halogens is 1. The Balaban J connectivity index is 1.36. The number of carbonyl (C=O) groups excluding carboxylic acids is 1. The van der Waals surface area contributed by atoms with Gasteiger partial charge in [0.05, 0.1) is 0 Å². The van der Waals surface area contributed by atoms with Crippen molar-refractivity contribution in [2.24, 2.45) is 0 Å². The van der Waals surface area contributed by atoms with Gasteiger partial charge in [0.1, 0.15) is 5.75 Å². The van der Waals surface area contributed by atoms with E-state index in [-0.39, 0.29) is 23.5 Å². The number of rotatable bonds is 5. The molecule has 3 aliphatic carbocycles. The van der Waals surface area contributed by atoms with Crippen LogP contribution in [0.5, 0.6) is 5.75 Å². The maximum Gasteiger partial charge on any atom is 0.264 e. The van der Waals surface area contributed by atoms with Gasteiger partial charge in [0.25, 0.3) is 5.89 Å². The molecule has 0 spiro atoms. The molecule has 6 nitrogen and oxygen atoms in total. The number of amides is 1. The van der Waals surface area contributed by atoms with E-state index in [0.29, 0.717) is 16.7 Å². The molecule has 0 unspecified atom stereocenters. The summed E-state index contributed by atoms with van der Waals surface area (Å²) in [5.74, 6) is 1.89. The van der Waals surface area contributed by atoms with E-state index in [0.717, 1.165) is 25.1 Å². The van der Waals surface area contributed by atoms with Crippen LogP contribution in [0.4, 0.5) is 0 Å². The van der Waals surface area contributed by atoms with E-state index < -0.39 is 0 Å². The zero-order chi connectivity index (χ0) is 16.1. The molecule has 2 aromatic rings. The van der Waals surface area contributed by atoms with Crippen LogP contribution in [-0.4, -0.2) is 21.6 Å². The second-order valence-electron chi connectivity index (χ2n) is 6.53. The molecule has 3 saturated carbocycles. The lowest BCUT2D eigenvalue weighted by molar-refractivity contribution is -0.137. The summed E-state index contributed by atoms with van der Waals surface area (Å²) in [4.78, 5) is 15.6. The number of aromatic nitrogens is 2. The van der Waals surface area contributed by atoms with E-state index >= 15 is 0 Å². The van der Waals surface area contributed by atoms with Crippen molar-refractivity contribution >= 4 is 17.5 Å². The largest absolute Gasteiger partial charge is 0.484 e. The van der Waals surface area contributed by atoms with Crippen molar-refractivity contribution in [3.8, 4) is 5.75 Å². The fourth-order valence-corrected chi connectivity index (χ4v) is 3.86. The van der Waals surface area contributed by atoms with Gasteiger partial charge in [0, 0.05) is 22.9 Å². The Morgan fingerprint density at radius 3 is 2.70 bits per heavy atom. The molecule has 0 radical (unpaired) electrons. The van der Waals surface area contributed by atoms with Crippen molar-refractivity contribution in [2.75, 3.05) is 0 Å². The summed E-state index contributed by atoms with van der Waals surface area (Å²) in [6.07, 6.45) is 2.66. The topological polar surface area (TPSA) is 77.2 Å². The van der Waals surface area contributed by atoms with E-state index in [2.05, 4.69) is 15.5 Å². The van der Waals surface area contributed by atoms with E-state index in [9.17, 15) is 4.79 Å². The Bertz CT molecular complexity index is 736. The number of hydrogen-bond donors (Lipinski definition) is 1. The third kappa shape index (κ3) is 2.47. The van der Waals surface area contributed by atoms with Crippen LogP contribution in [0.3, 0.4) is 0 Å². The molecule has 0 aliphatic heterocycles. The number of nitrogens with one attached hydrogen (secondary N) is 1. The highest BCUT2D eigenvalue weighted by Crippen LogP contribution is 2.67. The summed E-state index contributed by atoms with van der Waals surface area (Å²) < 4.78 is 10.9. The van der Waals surface area contributed by atoms with E-state index in [4.69, 9.17) is 20.9 Å². The molecule has 0 saturated heterocycles. The van der Waals surface area contributed by atoms with Crippen molar-refractivity contribution in [3.63, 3.8) is 0 Å². The second kappa shape index (κ2) is 4.96. The van der Waals surface area contributed by atoms with E-state index in [1.54, 1.807) is 31.2 Å². The van der Waals surface area contributed by atoms with Gasteiger partial charge < -0.3 is 14.6 Å². The van der Waals surface area contributed by atoms with Crippen molar-refractivity contribution in [3.05, 3.63) is 41.0 Å². The fourth-order valence-electron chi connectivity index (χ4n) is 3.74. The first kappa shape index (κ1) is 14.5.